The Bertz CT molecular complexity index is 556. The molecule has 2 atom stereocenters. The van der Waals surface area contributed by atoms with Crippen LogP contribution in [-0.4, -0.2) is 23.6 Å². The molecule has 1 aromatic carbocycles. The van der Waals surface area contributed by atoms with Crippen LogP contribution in [0.3, 0.4) is 0 Å². The van der Waals surface area contributed by atoms with Crippen LogP contribution in [0.25, 0.3) is 10.8 Å². The maximum Gasteiger partial charge on any atom is 0.0423 e. The third-order valence-corrected chi connectivity index (χ3v) is 4.13. The molecule has 3 heteroatoms. The molecule has 2 unspecified atom stereocenters. The zero-order chi connectivity index (χ0) is 13.8. The molecule has 1 aromatic heterocycles. The van der Waals surface area contributed by atoms with Crippen molar-refractivity contribution in [3.05, 3.63) is 36.7 Å². The van der Waals surface area contributed by atoms with Crippen LogP contribution >= 0.6 is 0 Å². The van der Waals surface area contributed by atoms with Gasteiger partial charge in [0.1, 0.15) is 0 Å². The van der Waals surface area contributed by atoms with Crippen LogP contribution < -0.4 is 10.6 Å². The number of rotatable bonds is 4. The van der Waals surface area contributed by atoms with Gasteiger partial charge in [0.25, 0.3) is 0 Å². The molecule has 2 heterocycles. The topological polar surface area (TPSA) is 37.0 Å². The molecule has 106 valence electrons. The Morgan fingerprint density at radius 2 is 2.30 bits per heavy atom. The number of fused-ring (bicyclic) bond motifs is 1. The molecule has 2 N–H and O–H groups in total. The molecule has 20 heavy (non-hydrogen) atoms. The van der Waals surface area contributed by atoms with Crippen molar-refractivity contribution in [1.29, 1.82) is 0 Å². The van der Waals surface area contributed by atoms with E-state index in [1.54, 1.807) is 0 Å². The van der Waals surface area contributed by atoms with Gasteiger partial charge in [-0.1, -0.05) is 18.6 Å². The van der Waals surface area contributed by atoms with Gasteiger partial charge >= 0.3 is 0 Å². The van der Waals surface area contributed by atoms with Gasteiger partial charge in [0.15, 0.2) is 0 Å². The molecule has 1 aliphatic rings. The van der Waals surface area contributed by atoms with Crippen LogP contribution in [0.1, 0.15) is 32.6 Å². The second kappa shape index (κ2) is 6.23. The first-order valence-electron chi connectivity index (χ1n) is 7.65. The van der Waals surface area contributed by atoms with Crippen LogP contribution in [0.4, 0.5) is 5.69 Å². The summed E-state index contributed by atoms with van der Waals surface area (Å²) in [5, 5.41) is 9.74. The summed E-state index contributed by atoms with van der Waals surface area (Å²) in [6.45, 7) is 3.45. The smallest absolute Gasteiger partial charge is 0.0423 e. The summed E-state index contributed by atoms with van der Waals surface area (Å²) < 4.78 is 0. The quantitative estimate of drug-likeness (QED) is 0.891. The number of nitrogens with one attached hydrogen (secondary N) is 2. The van der Waals surface area contributed by atoms with E-state index in [0.717, 1.165) is 0 Å². The van der Waals surface area contributed by atoms with Gasteiger partial charge in [-0.05, 0) is 44.9 Å². The van der Waals surface area contributed by atoms with Crippen molar-refractivity contribution in [1.82, 2.24) is 10.3 Å². The van der Waals surface area contributed by atoms with E-state index >= 15 is 0 Å². The van der Waals surface area contributed by atoms with E-state index in [-0.39, 0.29) is 0 Å². The van der Waals surface area contributed by atoms with Crippen molar-refractivity contribution in [2.75, 3.05) is 11.9 Å². The standard InChI is InChI=1S/C17H23N3/c1-13(11-15-6-2-3-9-19-15)20-17-7-4-5-14-12-18-10-8-16(14)17/h4-5,7-8,10,12-13,15,19-20H,2-3,6,9,11H2,1H3. The largest absolute Gasteiger partial charge is 0.382 e. The highest BCUT2D eigenvalue weighted by atomic mass is 15.0. The van der Waals surface area contributed by atoms with Crippen LogP contribution in [0.15, 0.2) is 36.7 Å². The van der Waals surface area contributed by atoms with E-state index in [1.807, 2.05) is 12.4 Å². The van der Waals surface area contributed by atoms with Gasteiger partial charge in [0, 0.05) is 40.9 Å². The lowest BCUT2D eigenvalue weighted by Gasteiger charge is -2.27. The van der Waals surface area contributed by atoms with Crippen molar-refractivity contribution in [3.8, 4) is 0 Å². The minimum absolute atomic E-state index is 0.476. The lowest BCUT2D eigenvalue weighted by Crippen LogP contribution is -2.37. The lowest BCUT2D eigenvalue weighted by atomic mass is 9.98. The predicted molar refractivity (Wildman–Crippen MR) is 85.1 cm³/mol. The first kappa shape index (κ1) is 13.4. The summed E-state index contributed by atoms with van der Waals surface area (Å²) in [5.41, 5.74) is 1.22. The summed E-state index contributed by atoms with van der Waals surface area (Å²) in [4.78, 5) is 4.19. The maximum absolute atomic E-state index is 4.19. The van der Waals surface area contributed by atoms with E-state index < -0.39 is 0 Å². The Kier molecular flexibility index (Phi) is 4.16. The third kappa shape index (κ3) is 3.10. The summed E-state index contributed by atoms with van der Waals surface area (Å²) in [6.07, 6.45) is 8.97. The van der Waals surface area contributed by atoms with E-state index in [2.05, 4.69) is 46.8 Å². The molecule has 2 aromatic rings. The fourth-order valence-electron chi connectivity index (χ4n) is 3.12. The molecule has 0 amide bonds. The van der Waals surface area contributed by atoms with Crippen molar-refractivity contribution in [2.45, 2.75) is 44.7 Å². The lowest BCUT2D eigenvalue weighted by molar-refractivity contribution is 0.371. The molecule has 0 saturated carbocycles. The number of nitrogens with zero attached hydrogens (tertiary/aromatic N) is 1. The number of pyridine rings is 1. The Hall–Kier alpha value is -1.61. The first-order valence-corrected chi connectivity index (χ1v) is 7.65. The van der Waals surface area contributed by atoms with Gasteiger partial charge < -0.3 is 10.6 Å². The minimum atomic E-state index is 0.476. The highest BCUT2D eigenvalue weighted by Crippen LogP contribution is 2.24. The zero-order valence-corrected chi connectivity index (χ0v) is 12.1. The van der Waals surface area contributed by atoms with Gasteiger partial charge in [-0.2, -0.15) is 0 Å². The normalized spacial score (nSPS) is 20.8. The molecule has 0 bridgehead atoms. The first-order chi connectivity index (χ1) is 9.83. The van der Waals surface area contributed by atoms with Crippen molar-refractivity contribution >= 4 is 16.5 Å². The summed E-state index contributed by atoms with van der Waals surface area (Å²) in [5.74, 6) is 0. The van der Waals surface area contributed by atoms with E-state index in [0.29, 0.717) is 12.1 Å². The minimum Gasteiger partial charge on any atom is -0.382 e. The summed E-state index contributed by atoms with van der Waals surface area (Å²) in [6, 6.07) is 9.60. The van der Waals surface area contributed by atoms with Gasteiger partial charge in [0.2, 0.25) is 0 Å². The number of benzene rings is 1. The molecule has 3 nitrogen and oxygen atoms in total. The van der Waals surface area contributed by atoms with E-state index in [4.69, 9.17) is 0 Å². The monoisotopic (exact) mass is 269 g/mol. The zero-order valence-electron chi connectivity index (χ0n) is 12.1. The molecule has 0 aliphatic carbocycles. The molecule has 1 saturated heterocycles. The molecule has 1 fully saturated rings. The van der Waals surface area contributed by atoms with E-state index in [9.17, 15) is 0 Å². The van der Waals surface area contributed by atoms with Gasteiger partial charge in [-0.25, -0.2) is 0 Å². The fraction of sp³-hybridized carbons (Fsp3) is 0.471. The number of aromatic nitrogens is 1. The predicted octanol–water partition coefficient (Wildman–Crippen LogP) is 3.57. The number of hydrogen-bond donors (Lipinski definition) is 2. The van der Waals surface area contributed by atoms with Crippen LogP contribution in [0.5, 0.6) is 0 Å². The van der Waals surface area contributed by atoms with Gasteiger partial charge in [0.05, 0.1) is 0 Å². The molecule has 0 spiro atoms. The van der Waals surface area contributed by atoms with Crippen LogP contribution in [-0.2, 0) is 0 Å². The fourth-order valence-corrected chi connectivity index (χ4v) is 3.12. The number of anilines is 1. The Balaban J connectivity index is 1.69. The second-order valence-electron chi connectivity index (χ2n) is 5.83. The molecular weight excluding hydrogens is 246 g/mol. The highest BCUT2D eigenvalue weighted by Gasteiger charge is 2.16. The molecular formula is C17H23N3. The second-order valence-corrected chi connectivity index (χ2v) is 5.83. The SMILES string of the molecule is CC(CC1CCCCN1)Nc1cccc2cnccc12. The highest BCUT2D eigenvalue weighted by molar-refractivity contribution is 5.93. The average molecular weight is 269 g/mol. The van der Waals surface area contributed by atoms with Gasteiger partial charge in [-0.15, -0.1) is 0 Å². The number of hydrogen-bond acceptors (Lipinski definition) is 3. The van der Waals surface area contributed by atoms with Gasteiger partial charge in [-0.3, -0.25) is 4.98 Å². The summed E-state index contributed by atoms with van der Waals surface area (Å²) in [7, 11) is 0. The Labute approximate surface area is 120 Å². The third-order valence-electron chi connectivity index (χ3n) is 4.13. The number of piperidine rings is 1. The Morgan fingerprint density at radius 3 is 3.15 bits per heavy atom. The van der Waals surface area contributed by atoms with E-state index in [1.165, 1.54) is 48.7 Å². The average Bonchev–Trinajstić information content (AvgIpc) is 2.48. The van der Waals surface area contributed by atoms with Crippen molar-refractivity contribution in [2.24, 2.45) is 0 Å². The van der Waals surface area contributed by atoms with Crippen LogP contribution in [0.2, 0.25) is 0 Å². The molecule has 3 rings (SSSR count). The van der Waals surface area contributed by atoms with Crippen molar-refractivity contribution < 1.29 is 0 Å². The molecule has 0 radical (unpaired) electrons. The molecule has 1 aliphatic heterocycles. The Morgan fingerprint density at radius 1 is 1.35 bits per heavy atom. The van der Waals surface area contributed by atoms with Crippen LogP contribution in [0, 0.1) is 0 Å². The summed E-state index contributed by atoms with van der Waals surface area (Å²) >= 11 is 0. The maximum atomic E-state index is 4.19. The van der Waals surface area contributed by atoms with Crippen molar-refractivity contribution in [3.63, 3.8) is 0 Å².